The van der Waals surface area contributed by atoms with Crippen molar-refractivity contribution in [2.24, 2.45) is 0 Å². The van der Waals surface area contributed by atoms with Gasteiger partial charge in [0.15, 0.2) is 0 Å². The summed E-state index contributed by atoms with van der Waals surface area (Å²) in [6, 6.07) is 7.89. The van der Waals surface area contributed by atoms with Crippen LogP contribution in [0.5, 0.6) is 0 Å². The van der Waals surface area contributed by atoms with E-state index in [-0.39, 0.29) is 12.0 Å². The van der Waals surface area contributed by atoms with Crippen LogP contribution in [0.1, 0.15) is 62.4 Å². The molecule has 35 heavy (non-hydrogen) atoms. The second-order valence-electron chi connectivity index (χ2n) is 10.3. The number of anilines is 1. The number of nitrogens with one attached hydrogen (secondary N) is 2. The number of fused-ring (bicyclic) bond motifs is 1. The normalized spacial score (nSPS) is 14.7. The third-order valence-electron chi connectivity index (χ3n) is 6.20. The SMILES string of the molecule is Cc1c(N2CCN(C)CC2)nc2ccccc2c1C(=O)NCCCCCCNC(=O)OC(C)(C)C. The molecule has 8 nitrogen and oxygen atoms in total. The van der Waals surface area contributed by atoms with Gasteiger partial charge in [0.2, 0.25) is 0 Å². The van der Waals surface area contributed by atoms with E-state index in [1.54, 1.807) is 0 Å². The van der Waals surface area contributed by atoms with Crippen LogP contribution in [0.4, 0.5) is 10.6 Å². The van der Waals surface area contributed by atoms with Crippen molar-refractivity contribution in [2.75, 3.05) is 51.2 Å². The summed E-state index contributed by atoms with van der Waals surface area (Å²) in [6.07, 6.45) is 3.37. The molecule has 0 saturated carbocycles. The summed E-state index contributed by atoms with van der Waals surface area (Å²) in [5.74, 6) is 0.877. The molecule has 2 N–H and O–H groups in total. The van der Waals surface area contributed by atoms with Gasteiger partial charge in [-0.15, -0.1) is 0 Å². The van der Waals surface area contributed by atoms with Crippen LogP contribution in [-0.4, -0.2) is 73.8 Å². The number of ether oxygens (including phenoxy) is 1. The highest BCUT2D eigenvalue weighted by atomic mass is 16.6. The number of para-hydroxylation sites is 1. The van der Waals surface area contributed by atoms with Gasteiger partial charge >= 0.3 is 6.09 Å². The van der Waals surface area contributed by atoms with Crippen LogP contribution < -0.4 is 15.5 Å². The number of nitrogens with zero attached hydrogens (tertiary/aromatic N) is 3. The maximum absolute atomic E-state index is 13.3. The van der Waals surface area contributed by atoms with Crippen molar-refractivity contribution < 1.29 is 14.3 Å². The molecule has 3 rings (SSSR count). The second-order valence-corrected chi connectivity index (χ2v) is 10.3. The zero-order chi connectivity index (χ0) is 25.4. The topological polar surface area (TPSA) is 86.8 Å². The summed E-state index contributed by atoms with van der Waals surface area (Å²) >= 11 is 0. The molecule has 192 valence electrons. The molecule has 0 radical (unpaired) electrons. The first-order valence-corrected chi connectivity index (χ1v) is 12.7. The number of carbonyl (C=O) groups excluding carboxylic acids is 2. The molecule has 1 aromatic carbocycles. The molecule has 0 bridgehead atoms. The van der Waals surface area contributed by atoms with E-state index in [9.17, 15) is 9.59 Å². The van der Waals surface area contributed by atoms with Gasteiger partial charge in [0.1, 0.15) is 11.4 Å². The van der Waals surface area contributed by atoms with Crippen LogP contribution in [0.15, 0.2) is 24.3 Å². The summed E-state index contributed by atoms with van der Waals surface area (Å²) in [5.41, 5.74) is 2.05. The van der Waals surface area contributed by atoms with E-state index in [4.69, 9.17) is 9.72 Å². The van der Waals surface area contributed by atoms with Gasteiger partial charge in [0, 0.05) is 50.2 Å². The van der Waals surface area contributed by atoms with E-state index in [2.05, 4.69) is 27.5 Å². The summed E-state index contributed by atoms with van der Waals surface area (Å²) < 4.78 is 5.24. The number of rotatable bonds is 9. The van der Waals surface area contributed by atoms with Gasteiger partial charge in [-0.3, -0.25) is 4.79 Å². The fraction of sp³-hybridized carbons (Fsp3) is 0.593. The number of benzene rings is 1. The van der Waals surface area contributed by atoms with Gasteiger partial charge in [0.25, 0.3) is 5.91 Å². The van der Waals surface area contributed by atoms with Crippen LogP contribution in [0, 0.1) is 6.92 Å². The number of hydrogen-bond donors (Lipinski definition) is 2. The Hall–Kier alpha value is -2.87. The van der Waals surface area contributed by atoms with Crippen molar-refractivity contribution in [3.63, 3.8) is 0 Å². The average molecular weight is 484 g/mol. The Morgan fingerprint density at radius 1 is 0.971 bits per heavy atom. The van der Waals surface area contributed by atoms with Crippen molar-refractivity contribution >= 4 is 28.7 Å². The maximum Gasteiger partial charge on any atom is 0.407 e. The highest BCUT2D eigenvalue weighted by molar-refractivity contribution is 6.08. The van der Waals surface area contributed by atoms with Crippen LogP contribution >= 0.6 is 0 Å². The molecule has 2 amide bonds. The molecular formula is C27H41N5O3. The van der Waals surface area contributed by atoms with E-state index >= 15 is 0 Å². The zero-order valence-corrected chi connectivity index (χ0v) is 21.9. The first-order valence-electron chi connectivity index (χ1n) is 12.7. The molecule has 0 atom stereocenters. The van der Waals surface area contributed by atoms with Crippen molar-refractivity contribution in [1.29, 1.82) is 0 Å². The highest BCUT2D eigenvalue weighted by Crippen LogP contribution is 2.29. The average Bonchev–Trinajstić information content (AvgIpc) is 2.79. The Kier molecular flexibility index (Phi) is 9.32. The summed E-state index contributed by atoms with van der Waals surface area (Å²) in [5, 5.41) is 6.80. The fourth-order valence-electron chi connectivity index (χ4n) is 4.31. The van der Waals surface area contributed by atoms with Crippen LogP contribution in [-0.2, 0) is 4.74 Å². The summed E-state index contributed by atoms with van der Waals surface area (Å²) in [6.45, 7) is 12.6. The van der Waals surface area contributed by atoms with Crippen molar-refractivity contribution in [3.8, 4) is 0 Å². The Morgan fingerprint density at radius 3 is 2.26 bits per heavy atom. The lowest BCUT2D eigenvalue weighted by molar-refractivity contribution is 0.0526. The smallest absolute Gasteiger partial charge is 0.407 e. The van der Waals surface area contributed by atoms with E-state index < -0.39 is 5.60 Å². The Labute approximate surface area is 209 Å². The minimum absolute atomic E-state index is 0.0388. The monoisotopic (exact) mass is 483 g/mol. The molecule has 0 spiro atoms. The number of alkyl carbamates (subject to hydrolysis) is 1. The standard InChI is InChI=1S/C27H41N5O3/c1-20-23(25(33)28-14-10-6-7-11-15-29-26(34)35-27(2,3)4)21-12-8-9-13-22(21)30-24(20)32-18-16-31(5)17-19-32/h8-9,12-13H,6-7,10-11,14-19H2,1-5H3,(H,28,33)(H,29,34). The Morgan fingerprint density at radius 2 is 1.60 bits per heavy atom. The minimum atomic E-state index is -0.480. The first-order chi connectivity index (χ1) is 16.7. The van der Waals surface area contributed by atoms with Gasteiger partial charge in [-0.2, -0.15) is 0 Å². The molecule has 0 aliphatic carbocycles. The second kappa shape index (κ2) is 12.2. The number of unbranched alkanes of at least 4 members (excludes halogenated alkanes) is 3. The fourth-order valence-corrected chi connectivity index (χ4v) is 4.31. The molecule has 2 heterocycles. The van der Waals surface area contributed by atoms with Gasteiger partial charge in [0.05, 0.1) is 11.1 Å². The number of carbonyl (C=O) groups is 2. The maximum atomic E-state index is 13.3. The van der Waals surface area contributed by atoms with Gasteiger partial charge < -0.3 is 25.2 Å². The van der Waals surface area contributed by atoms with E-state index in [0.717, 1.165) is 79.7 Å². The summed E-state index contributed by atoms with van der Waals surface area (Å²) in [4.78, 5) is 34.5. The predicted octanol–water partition coefficient (Wildman–Crippen LogP) is 4.11. The third-order valence-corrected chi connectivity index (χ3v) is 6.20. The number of aromatic nitrogens is 1. The number of hydrogen-bond acceptors (Lipinski definition) is 6. The lowest BCUT2D eigenvalue weighted by Crippen LogP contribution is -2.45. The van der Waals surface area contributed by atoms with E-state index in [1.165, 1.54) is 0 Å². The molecule has 8 heteroatoms. The van der Waals surface area contributed by atoms with Crippen molar-refractivity contribution in [3.05, 3.63) is 35.4 Å². The van der Waals surface area contributed by atoms with Crippen molar-refractivity contribution in [2.45, 2.75) is 59.0 Å². The van der Waals surface area contributed by atoms with Gasteiger partial charge in [-0.1, -0.05) is 31.0 Å². The predicted molar refractivity (Wildman–Crippen MR) is 141 cm³/mol. The van der Waals surface area contributed by atoms with Crippen molar-refractivity contribution in [1.82, 2.24) is 20.5 Å². The van der Waals surface area contributed by atoms with Crippen LogP contribution in [0.25, 0.3) is 10.9 Å². The zero-order valence-electron chi connectivity index (χ0n) is 21.9. The van der Waals surface area contributed by atoms with Gasteiger partial charge in [-0.25, -0.2) is 9.78 Å². The lowest BCUT2D eigenvalue weighted by Gasteiger charge is -2.34. The number of amides is 2. The molecule has 1 saturated heterocycles. The molecule has 0 unspecified atom stereocenters. The number of piperazine rings is 1. The van der Waals surface area contributed by atoms with E-state index in [1.807, 2.05) is 52.0 Å². The van der Waals surface area contributed by atoms with E-state index in [0.29, 0.717) is 13.1 Å². The quantitative estimate of drug-likeness (QED) is 0.522. The number of likely N-dealkylation sites (N-methyl/N-ethyl adjacent to an activating group) is 1. The molecule has 1 fully saturated rings. The third kappa shape index (κ3) is 7.82. The molecule has 1 aliphatic heterocycles. The molecule has 1 aromatic heterocycles. The molecule has 1 aliphatic rings. The highest BCUT2D eigenvalue weighted by Gasteiger charge is 2.23. The number of pyridine rings is 1. The molecular weight excluding hydrogens is 442 g/mol. The summed E-state index contributed by atoms with van der Waals surface area (Å²) in [7, 11) is 2.13. The molecule has 2 aromatic rings. The van der Waals surface area contributed by atoms with Crippen LogP contribution in [0.3, 0.4) is 0 Å². The Balaban J connectivity index is 1.51. The van der Waals surface area contributed by atoms with Crippen LogP contribution in [0.2, 0.25) is 0 Å². The largest absolute Gasteiger partial charge is 0.444 e. The minimum Gasteiger partial charge on any atom is -0.444 e. The Bertz CT molecular complexity index is 1010. The first kappa shape index (κ1) is 26.7. The lowest BCUT2D eigenvalue weighted by atomic mass is 10.0. The van der Waals surface area contributed by atoms with Gasteiger partial charge in [-0.05, 0) is 53.7 Å².